The van der Waals surface area contributed by atoms with Gasteiger partial charge in [-0.05, 0) is 35.9 Å². The van der Waals surface area contributed by atoms with E-state index in [0.29, 0.717) is 24.0 Å². The number of hydrogen-bond donors (Lipinski definition) is 1. The summed E-state index contributed by atoms with van der Waals surface area (Å²) in [4.78, 5) is 0. The van der Waals surface area contributed by atoms with Crippen LogP contribution in [-0.4, -0.2) is 4.57 Å². The molecule has 102 valence electrons. The van der Waals surface area contributed by atoms with E-state index < -0.39 is 0 Å². The molecule has 3 aromatic rings. The van der Waals surface area contributed by atoms with Crippen LogP contribution in [0.15, 0.2) is 48.7 Å². The van der Waals surface area contributed by atoms with Crippen molar-refractivity contribution in [3.8, 4) is 0 Å². The van der Waals surface area contributed by atoms with Gasteiger partial charge in [0.1, 0.15) is 11.6 Å². The zero-order valence-corrected chi connectivity index (χ0v) is 10.8. The minimum atomic E-state index is -0.277. The molecule has 0 spiro atoms. The van der Waals surface area contributed by atoms with Gasteiger partial charge in [0, 0.05) is 23.7 Å². The second-order valence-electron chi connectivity index (χ2n) is 4.75. The van der Waals surface area contributed by atoms with Crippen molar-refractivity contribution in [2.45, 2.75) is 13.1 Å². The highest BCUT2D eigenvalue weighted by atomic mass is 19.1. The fraction of sp³-hybridized carbons (Fsp3) is 0.125. The summed E-state index contributed by atoms with van der Waals surface area (Å²) in [7, 11) is 0. The van der Waals surface area contributed by atoms with Crippen LogP contribution >= 0.6 is 0 Å². The van der Waals surface area contributed by atoms with Gasteiger partial charge in [0.05, 0.1) is 12.1 Å². The lowest BCUT2D eigenvalue weighted by Gasteiger charge is -2.08. The molecular weight excluding hydrogens is 258 g/mol. The Bertz CT molecular complexity index is 762. The Labute approximate surface area is 115 Å². The number of nitrogens with two attached hydrogens (primary N) is 1. The molecule has 0 fully saturated rings. The van der Waals surface area contributed by atoms with E-state index in [9.17, 15) is 8.78 Å². The molecule has 0 saturated heterocycles. The van der Waals surface area contributed by atoms with Crippen molar-refractivity contribution < 1.29 is 8.78 Å². The third-order valence-electron chi connectivity index (χ3n) is 3.45. The quantitative estimate of drug-likeness (QED) is 0.778. The molecule has 3 rings (SSSR count). The van der Waals surface area contributed by atoms with Crippen molar-refractivity contribution >= 4 is 10.9 Å². The molecule has 0 unspecified atom stereocenters. The normalized spacial score (nSPS) is 11.2. The van der Waals surface area contributed by atoms with Crippen molar-refractivity contribution in [3.63, 3.8) is 0 Å². The zero-order valence-electron chi connectivity index (χ0n) is 10.8. The lowest BCUT2D eigenvalue weighted by atomic mass is 10.1. The number of halogens is 2. The lowest BCUT2D eigenvalue weighted by molar-refractivity contribution is 0.601. The first-order valence-corrected chi connectivity index (χ1v) is 6.40. The van der Waals surface area contributed by atoms with Gasteiger partial charge in [0.15, 0.2) is 0 Å². The van der Waals surface area contributed by atoms with E-state index in [2.05, 4.69) is 0 Å². The number of nitrogens with zero attached hydrogens (tertiary/aromatic N) is 1. The summed E-state index contributed by atoms with van der Waals surface area (Å²) in [5.41, 5.74) is 7.76. The van der Waals surface area contributed by atoms with Gasteiger partial charge < -0.3 is 10.3 Å². The van der Waals surface area contributed by atoms with E-state index >= 15 is 0 Å². The highest BCUT2D eigenvalue weighted by Gasteiger charge is 2.08. The third-order valence-corrected chi connectivity index (χ3v) is 3.45. The molecule has 0 amide bonds. The van der Waals surface area contributed by atoms with Gasteiger partial charge in [-0.15, -0.1) is 0 Å². The van der Waals surface area contributed by atoms with Gasteiger partial charge in [-0.2, -0.15) is 0 Å². The van der Waals surface area contributed by atoms with E-state index in [-0.39, 0.29) is 11.6 Å². The molecule has 20 heavy (non-hydrogen) atoms. The molecular formula is C16H14F2N2. The Morgan fingerprint density at radius 1 is 1.00 bits per heavy atom. The fourth-order valence-corrected chi connectivity index (χ4v) is 2.38. The van der Waals surface area contributed by atoms with Gasteiger partial charge >= 0.3 is 0 Å². The van der Waals surface area contributed by atoms with Crippen LogP contribution in [0.1, 0.15) is 11.1 Å². The standard InChI is InChI=1S/C16H14F2N2/c17-14-5-4-11(9-19)8-12(14)10-20-7-6-13-15(18)2-1-3-16(13)20/h1-8H,9-10,19H2. The molecule has 0 aliphatic heterocycles. The predicted molar refractivity (Wildman–Crippen MR) is 75.3 cm³/mol. The Hall–Kier alpha value is -2.20. The van der Waals surface area contributed by atoms with Crippen LogP contribution in [-0.2, 0) is 13.1 Å². The van der Waals surface area contributed by atoms with E-state index in [1.54, 1.807) is 30.5 Å². The first-order chi connectivity index (χ1) is 9.69. The molecule has 0 radical (unpaired) electrons. The second-order valence-corrected chi connectivity index (χ2v) is 4.75. The topological polar surface area (TPSA) is 30.9 Å². The Balaban J connectivity index is 2.03. The van der Waals surface area contributed by atoms with E-state index in [1.165, 1.54) is 12.1 Å². The minimum Gasteiger partial charge on any atom is -0.343 e. The van der Waals surface area contributed by atoms with Crippen LogP contribution in [0, 0.1) is 11.6 Å². The fourth-order valence-electron chi connectivity index (χ4n) is 2.38. The Morgan fingerprint density at radius 3 is 2.65 bits per heavy atom. The van der Waals surface area contributed by atoms with Crippen LogP contribution in [0.3, 0.4) is 0 Å². The van der Waals surface area contributed by atoms with Crippen LogP contribution in [0.5, 0.6) is 0 Å². The average molecular weight is 272 g/mol. The van der Waals surface area contributed by atoms with Crippen LogP contribution in [0.2, 0.25) is 0 Å². The molecule has 1 aromatic heterocycles. The lowest BCUT2D eigenvalue weighted by Crippen LogP contribution is -2.03. The summed E-state index contributed by atoms with van der Waals surface area (Å²) in [6.07, 6.45) is 1.77. The van der Waals surface area contributed by atoms with Crippen LogP contribution < -0.4 is 5.73 Å². The van der Waals surface area contributed by atoms with Crippen molar-refractivity contribution in [2.75, 3.05) is 0 Å². The molecule has 2 aromatic carbocycles. The maximum absolute atomic E-state index is 13.8. The largest absolute Gasteiger partial charge is 0.343 e. The van der Waals surface area contributed by atoms with Crippen molar-refractivity contribution in [2.24, 2.45) is 5.73 Å². The number of aromatic nitrogens is 1. The molecule has 2 N–H and O–H groups in total. The minimum absolute atomic E-state index is 0.266. The molecule has 1 heterocycles. The summed E-state index contributed by atoms with van der Waals surface area (Å²) >= 11 is 0. The monoisotopic (exact) mass is 272 g/mol. The Kier molecular flexibility index (Phi) is 3.24. The highest BCUT2D eigenvalue weighted by molar-refractivity contribution is 5.80. The number of fused-ring (bicyclic) bond motifs is 1. The maximum atomic E-state index is 13.8. The summed E-state index contributed by atoms with van der Waals surface area (Å²) in [6, 6.07) is 11.4. The molecule has 0 bridgehead atoms. The Morgan fingerprint density at radius 2 is 1.85 bits per heavy atom. The number of benzene rings is 2. The molecule has 0 atom stereocenters. The van der Waals surface area contributed by atoms with Crippen molar-refractivity contribution in [1.29, 1.82) is 0 Å². The smallest absolute Gasteiger partial charge is 0.132 e. The summed E-state index contributed by atoms with van der Waals surface area (Å²) in [5.74, 6) is -0.544. The maximum Gasteiger partial charge on any atom is 0.132 e. The zero-order chi connectivity index (χ0) is 14.1. The van der Waals surface area contributed by atoms with Crippen molar-refractivity contribution in [3.05, 3.63) is 71.4 Å². The first-order valence-electron chi connectivity index (χ1n) is 6.40. The SMILES string of the molecule is NCc1ccc(F)c(Cn2ccc3c(F)cccc32)c1. The third kappa shape index (κ3) is 2.18. The molecule has 0 aliphatic rings. The van der Waals surface area contributed by atoms with Gasteiger partial charge in [-0.25, -0.2) is 8.78 Å². The predicted octanol–water partition coefficient (Wildman–Crippen LogP) is 3.43. The first kappa shape index (κ1) is 12.8. The molecule has 2 nitrogen and oxygen atoms in total. The molecule has 0 aliphatic carbocycles. The van der Waals surface area contributed by atoms with Gasteiger partial charge in [-0.3, -0.25) is 0 Å². The highest BCUT2D eigenvalue weighted by Crippen LogP contribution is 2.21. The van der Waals surface area contributed by atoms with Crippen molar-refractivity contribution in [1.82, 2.24) is 4.57 Å². The summed E-state index contributed by atoms with van der Waals surface area (Å²) in [6.45, 7) is 0.723. The molecule has 4 heteroatoms. The van der Waals surface area contributed by atoms with Gasteiger partial charge in [-0.1, -0.05) is 12.1 Å². The van der Waals surface area contributed by atoms with E-state index in [1.807, 2.05) is 10.6 Å². The second kappa shape index (κ2) is 5.06. The van der Waals surface area contributed by atoms with Crippen LogP contribution in [0.25, 0.3) is 10.9 Å². The van der Waals surface area contributed by atoms with E-state index in [0.717, 1.165) is 11.1 Å². The number of hydrogen-bond acceptors (Lipinski definition) is 1. The van der Waals surface area contributed by atoms with Gasteiger partial charge in [0.2, 0.25) is 0 Å². The van der Waals surface area contributed by atoms with Crippen LogP contribution in [0.4, 0.5) is 8.78 Å². The van der Waals surface area contributed by atoms with E-state index in [4.69, 9.17) is 5.73 Å². The summed E-state index contributed by atoms with van der Waals surface area (Å²) < 4.78 is 29.3. The number of rotatable bonds is 3. The molecule has 0 saturated carbocycles. The van der Waals surface area contributed by atoms with Gasteiger partial charge in [0.25, 0.3) is 0 Å². The average Bonchev–Trinajstić information content (AvgIpc) is 2.86. The summed E-state index contributed by atoms with van der Waals surface area (Å²) in [5, 5.41) is 0.544.